The number of hydrogen-bond acceptors (Lipinski definition) is 2. The van der Waals surface area contributed by atoms with Crippen molar-refractivity contribution in [1.29, 1.82) is 0 Å². The summed E-state index contributed by atoms with van der Waals surface area (Å²) in [5, 5.41) is 0. The van der Waals surface area contributed by atoms with E-state index < -0.39 is 0 Å². The summed E-state index contributed by atoms with van der Waals surface area (Å²) in [6.45, 7) is 2.17. The standard InChI is InChI=1S/C18H26N2O.ClH/c19-11-6-12-20(13-14-7-2-1-3-8-14)18(21)17-15-9-4-5-10-16(15)17;/h1-3,7-8,15-17H,4-6,9-13,19H2;1H. The fourth-order valence-corrected chi connectivity index (χ4v) is 3.92. The smallest absolute Gasteiger partial charge is 0.226 e. The van der Waals surface area contributed by atoms with Crippen LogP contribution in [-0.4, -0.2) is 23.9 Å². The van der Waals surface area contributed by atoms with E-state index in [0.717, 1.165) is 19.5 Å². The summed E-state index contributed by atoms with van der Waals surface area (Å²) >= 11 is 0. The molecule has 2 saturated carbocycles. The molecule has 1 amide bonds. The fraction of sp³-hybridized carbons (Fsp3) is 0.611. The molecule has 0 aromatic heterocycles. The molecule has 0 bridgehead atoms. The van der Waals surface area contributed by atoms with Gasteiger partial charge in [0.05, 0.1) is 0 Å². The molecule has 0 saturated heterocycles. The van der Waals surface area contributed by atoms with Gasteiger partial charge in [0.15, 0.2) is 0 Å². The first-order chi connectivity index (χ1) is 10.3. The molecule has 1 aromatic carbocycles. The summed E-state index contributed by atoms with van der Waals surface area (Å²) < 4.78 is 0. The van der Waals surface area contributed by atoms with Gasteiger partial charge in [-0.3, -0.25) is 4.79 Å². The van der Waals surface area contributed by atoms with Crippen LogP contribution in [0, 0.1) is 17.8 Å². The molecule has 3 rings (SSSR count). The molecule has 2 unspecified atom stereocenters. The van der Waals surface area contributed by atoms with Crippen molar-refractivity contribution >= 4 is 18.3 Å². The third kappa shape index (κ3) is 3.82. The second kappa shape index (κ2) is 7.98. The molecule has 22 heavy (non-hydrogen) atoms. The van der Waals surface area contributed by atoms with Crippen molar-refractivity contribution in [1.82, 2.24) is 4.90 Å². The van der Waals surface area contributed by atoms with Gasteiger partial charge in [-0.25, -0.2) is 0 Å². The van der Waals surface area contributed by atoms with Crippen molar-refractivity contribution in [3.8, 4) is 0 Å². The molecule has 2 aliphatic carbocycles. The van der Waals surface area contributed by atoms with Crippen LogP contribution in [0.4, 0.5) is 0 Å². The molecule has 1 aromatic rings. The fourth-order valence-electron chi connectivity index (χ4n) is 3.92. The number of halogens is 1. The normalized spacial score (nSPS) is 25.8. The Morgan fingerprint density at radius 2 is 1.77 bits per heavy atom. The van der Waals surface area contributed by atoms with Crippen LogP contribution in [0.25, 0.3) is 0 Å². The van der Waals surface area contributed by atoms with E-state index in [9.17, 15) is 4.79 Å². The van der Waals surface area contributed by atoms with Crippen molar-refractivity contribution in [3.63, 3.8) is 0 Å². The molecular formula is C18H27ClN2O. The van der Waals surface area contributed by atoms with Gasteiger partial charge < -0.3 is 10.6 Å². The first-order valence-electron chi connectivity index (χ1n) is 8.34. The molecule has 2 N–H and O–H groups in total. The average Bonchev–Trinajstić information content (AvgIpc) is 3.26. The first kappa shape index (κ1) is 17.3. The van der Waals surface area contributed by atoms with E-state index in [1.807, 2.05) is 23.1 Å². The Hall–Kier alpha value is -1.06. The third-order valence-electron chi connectivity index (χ3n) is 5.10. The number of carbonyl (C=O) groups is 1. The maximum atomic E-state index is 12.9. The highest BCUT2D eigenvalue weighted by Crippen LogP contribution is 2.56. The number of nitrogens with two attached hydrogens (primary N) is 1. The molecular weight excluding hydrogens is 296 g/mol. The van der Waals surface area contributed by atoms with E-state index in [-0.39, 0.29) is 12.4 Å². The predicted molar refractivity (Wildman–Crippen MR) is 91.7 cm³/mol. The van der Waals surface area contributed by atoms with E-state index in [0.29, 0.717) is 30.2 Å². The summed E-state index contributed by atoms with van der Waals surface area (Å²) in [5.41, 5.74) is 6.86. The number of nitrogens with zero attached hydrogens (tertiary/aromatic N) is 1. The van der Waals surface area contributed by atoms with E-state index >= 15 is 0 Å². The second-order valence-corrected chi connectivity index (χ2v) is 6.53. The lowest BCUT2D eigenvalue weighted by molar-refractivity contribution is -0.133. The lowest BCUT2D eigenvalue weighted by atomic mass is 10.0. The molecule has 0 radical (unpaired) electrons. The zero-order valence-electron chi connectivity index (χ0n) is 13.1. The Balaban J connectivity index is 0.00000176. The Labute approximate surface area is 139 Å². The SMILES string of the molecule is Cl.NCCCN(Cc1ccccc1)C(=O)C1C2CCCCC21. The topological polar surface area (TPSA) is 46.3 Å². The zero-order valence-corrected chi connectivity index (χ0v) is 13.9. The molecule has 0 spiro atoms. The van der Waals surface area contributed by atoms with Crippen LogP contribution in [0.5, 0.6) is 0 Å². The minimum Gasteiger partial charge on any atom is -0.338 e. The molecule has 122 valence electrons. The van der Waals surface area contributed by atoms with E-state index in [1.165, 1.54) is 31.2 Å². The van der Waals surface area contributed by atoms with E-state index in [4.69, 9.17) is 5.73 Å². The monoisotopic (exact) mass is 322 g/mol. The van der Waals surface area contributed by atoms with Crippen molar-refractivity contribution in [2.75, 3.05) is 13.1 Å². The van der Waals surface area contributed by atoms with Gasteiger partial charge in [0.2, 0.25) is 5.91 Å². The number of benzene rings is 1. The van der Waals surface area contributed by atoms with Crippen molar-refractivity contribution in [2.24, 2.45) is 23.5 Å². The minimum absolute atomic E-state index is 0. The molecule has 2 fully saturated rings. The van der Waals surface area contributed by atoms with Gasteiger partial charge in [-0.1, -0.05) is 43.2 Å². The number of rotatable bonds is 6. The van der Waals surface area contributed by atoms with Gasteiger partial charge in [0, 0.05) is 19.0 Å². The van der Waals surface area contributed by atoms with E-state index in [1.54, 1.807) is 0 Å². The zero-order chi connectivity index (χ0) is 14.7. The summed E-state index contributed by atoms with van der Waals surface area (Å²) in [6.07, 6.45) is 6.04. The van der Waals surface area contributed by atoms with Gasteiger partial charge in [-0.05, 0) is 43.2 Å². The summed E-state index contributed by atoms with van der Waals surface area (Å²) in [7, 11) is 0. The maximum absolute atomic E-state index is 12.9. The van der Waals surface area contributed by atoms with Crippen LogP contribution in [-0.2, 0) is 11.3 Å². The quantitative estimate of drug-likeness (QED) is 0.874. The lowest BCUT2D eigenvalue weighted by Gasteiger charge is -2.23. The molecule has 0 heterocycles. The Morgan fingerprint density at radius 1 is 1.14 bits per heavy atom. The summed E-state index contributed by atoms with van der Waals surface area (Å²) in [4.78, 5) is 14.9. The summed E-state index contributed by atoms with van der Waals surface area (Å²) in [5.74, 6) is 2.06. The Morgan fingerprint density at radius 3 is 2.36 bits per heavy atom. The Bertz CT molecular complexity index is 467. The van der Waals surface area contributed by atoms with Gasteiger partial charge >= 0.3 is 0 Å². The van der Waals surface area contributed by atoms with Crippen molar-refractivity contribution in [2.45, 2.75) is 38.6 Å². The van der Waals surface area contributed by atoms with Crippen LogP contribution in [0.2, 0.25) is 0 Å². The van der Waals surface area contributed by atoms with Crippen molar-refractivity contribution < 1.29 is 4.79 Å². The average molecular weight is 323 g/mol. The second-order valence-electron chi connectivity index (χ2n) is 6.53. The van der Waals surface area contributed by atoms with Gasteiger partial charge in [0.1, 0.15) is 0 Å². The lowest BCUT2D eigenvalue weighted by Crippen LogP contribution is -2.34. The van der Waals surface area contributed by atoms with Crippen LogP contribution in [0.15, 0.2) is 30.3 Å². The minimum atomic E-state index is 0. The van der Waals surface area contributed by atoms with Gasteiger partial charge in [-0.15, -0.1) is 12.4 Å². The predicted octanol–water partition coefficient (Wildman–Crippen LogP) is 3.22. The number of amides is 1. The third-order valence-corrected chi connectivity index (χ3v) is 5.10. The highest BCUT2D eigenvalue weighted by molar-refractivity contribution is 5.85. The highest BCUT2D eigenvalue weighted by Gasteiger charge is 2.55. The summed E-state index contributed by atoms with van der Waals surface area (Å²) in [6, 6.07) is 10.3. The maximum Gasteiger partial charge on any atom is 0.226 e. The largest absolute Gasteiger partial charge is 0.338 e. The van der Waals surface area contributed by atoms with Crippen LogP contribution in [0.1, 0.15) is 37.7 Å². The van der Waals surface area contributed by atoms with Crippen LogP contribution < -0.4 is 5.73 Å². The van der Waals surface area contributed by atoms with Gasteiger partial charge in [-0.2, -0.15) is 0 Å². The Kier molecular flexibility index (Phi) is 6.27. The first-order valence-corrected chi connectivity index (χ1v) is 8.34. The number of fused-ring (bicyclic) bond motifs is 1. The number of carbonyl (C=O) groups excluding carboxylic acids is 1. The molecule has 2 aliphatic rings. The molecule has 4 heteroatoms. The van der Waals surface area contributed by atoms with E-state index in [2.05, 4.69) is 12.1 Å². The highest BCUT2D eigenvalue weighted by atomic mass is 35.5. The van der Waals surface area contributed by atoms with Crippen LogP contribution in [0.3, 0.4) is 0 Å². The molecule has 3 nitrogen and oxygen atoms in total. The molecule has 2 atom stereocenters. The van der Waals surface area contributed by atoms with Crippen LogP contribution >= 0.6 is 12.4 Å². The molecule has 0 aliphatic heterocycles. The van der Waals surface area contributed by atoms with Gasteiger partial charge in [0.25, 0.3) is 0 Å². The number of hydrogen-bond donors (Lipinski definition) is 1. The van der Waals surface area contributed by atoms with Crippen molar-refractivity contribution in [3.05, 3.63) is 35.9 Å².